The summed E-state index contributed by atoms with van der Waals surface area (Å²) in [6.45, 7) is 1.03. The maximum absolute atomic E-state index is 5.62. The number of rotatable bonds is 4. The summed E-state index contributed by atoms with van der Waals surface area (Å²) in [4.78, 5) is 4.06. The highest BCUT2D eigenvalue weighted by atomic mass is 16.5. The van der Waals surface area contributed by atoms with Crippen LogP contribution in [0, 0.1) is 0 Å². The fraction of sp³-hybridized carbons (Fsp3) is 0.154. The van der Waals surface area contributed by atoms with Crippen LogP contribution in [-0.2, 0) is 13.2 Å². The molecule has 0 aliphatic heterocycles. The predicted octanol–water partition coefficient (Wildman–Crippen LogP) is 2.12. The smallest absolute Gasteiger partial charge is 0.138 e. The Morgan fingerprint density at radius 1 is 1.06 bits per heavy atom. The van der Waals surface area contributed by atoms with Crippen molar-refractivity contribution in [2.24, 2.45) is 5.73 Å². The van der Waals surface area contributed by atoms with Crippen LogP contribution in [0.15, 0.2) is 48.8 Å². The van der Waals surface area contributed by atoms with Crippen LogP contribution in [-0.4, -0.2) is 4.98 Å². The standard InChI is InChI=1S/C13H14N2O/c14-7-12-6-13(9-15-8-12)16-10-11-4-2-1-3-5-11/h1-6,8-9H,7,10,14H2. The number of nitrogens with two attached hydrogens (primary N) is 1. The van der Waals surface area contributed by atoms with Gasteiger partial charge in [0.15, 0.2) is 0 Å². The molecule has 0 spiro atoms. The topological polar surface area (TPSA) is 48.1 Å². The number of pyridine rings is 1. The zero-order valence-corrected chi connectivity index (χ0v) is 8.97. The fourth-order valence-corrected chi connectivity index (χ4v) is 1.40. The second kappa shape index (κ2) is 5.28. The zero-order valence-electron chi connectivity index (χ0n) is 8.97. The van der Waals surface area contributed by atoms with E-state index in [9.17, 15) is 0 Å². The van der Waals surface area contributed by atoms with Gasteiger partial charge in [0.2, 0.25) is 0 Å². The summed E-state index contributed by atoms with van der Waals surface area (Å²) in [5.74, 6) is 0.756. The lowest BCUT2D eigenvalue weighted by molar-refractivity contribution is 0.304. The van der Waals surface area contributed by atoms with Crippen molar-refractivity contribution in [3.63, 3.8) is 0 Å². The first-order valence-electron chi connectivity index (χ1n) is 5.19. The molecule has 16 heavy (non-hydrogen) atoms. The first-order valence-corrected chi connectivity index (χ1v) is 5.19. The Morgan fingerprint density at radius 3 is 2.62 bits per heavy atom. The van der Waals surface area contributed by atoms with Gasteiger partial charge in [-0.2, -0.15) is 0 Å². The van der Waals surface area contributed by atoms with Crippen molar-refractivity contribution in [3.05, 3.63) is 59.9 Å². The molecule has 82 valence electrons. The Bertz CT molecular complexity index is 443. The van der Waals surface area contributed by atoms with Crippen molar-refractivity contribution in [3.8, 4) is 5.75 Å². The number of benzene rings is 1. The molecule has 2 aromatic rings. The Balaban J connectivity index is 1.99. The molecule has 0 atom stereocenters. The molecule has 2 N–H and O–H groups in total. The average Bonchev–Trinajstić information content (AvgIpc) is 2.38. The first kappa shape index (κ1) is 10.6. The summed E-state index contributed by atoms with van der Waals surface area (Å²) >= 11 is 0. The van der Waals surface area contributed by atoms with Crippen molar-refractivity contribution in [1.82, 2.24) is 4.98 Å². The van der Waals surface area contributed by atoms with Gasteiger partial charge >= 0.3 is 0 Å². The lowest BCUT2D eigenvalue weighted by Crippen LogP contribution is -1.99. The van der Waals surface area contributed by atoms with Crippen LogP contribution < -0.4 is 10.5 Å². The van der Waals surface area contributed by atoms with Gasteiger partial charge < -0.3 is 10.5 Å². The van der Waals surface area contributed by atoms with Crippen molar-refractivity contribution in [2.45, 2.75) is 13.2 Å². The van der Waals surface area contributed by atoms with Gasteiger partial charge in [-0.15, -0.1) is 0 Å². The molecule has 2 rings (SSSR count). The summed E-state index contributed by atoms with van der Waals surface area (Å²) < 4.78 is 5.62. The summed E-state index contributed by atoms with van der Waals surface area (Å²) in [7, 11) is 0. The predicted molar refractivity (Wildman–Crippen MR) is 62.9 cm³/mol. The highest BCUT2D eigenvalue weighted by molar-refractivity contribution is 5.24. The van der Waals surface area contributed by atoms with Gasteiger partial charge in [-0.05, 0) is 17.2 Å². The van der Waals surface area contributed by atoms with Gasteiger partial charge in [-0.3, -0.25) is 4.98 Å². The minimum Gasteiger partial charge on any atom is -0.487 e. The molecular weight excluding hydrogens is 200 g/mol. The molecule has 0 saturated carbocycles. The molecule has 1 aromatic carbocycles. The zero-order chi connectivity index (χ0) is 11.2. The third-order valence-electron chi connectivity index (χ3n) is 2.25. The van der Waals surface area contributed by atoms with E-state index in [1.807, 2.05) is 36.4 Å². The minimum absolute atomic E-state index is 0.482. The molecule has 0 saturated heterocycles. The van der Waals surface area contributed by atoms with Crippen LogP contribution in [0.25, 0.3) is 0 Å². The fourth-order valence-electron chi connectivity index (χ4n) is 1.40. The number of nitrogens with zero attached hydrogens (tertiary/aromatic N) is 1. The Morgan fingerprint density at radius 2 is 1.88 bits per heavy atom. The molecule has 1 aromatic heterocycles. The maximum atomic E-state index is 5.62. The average molecular weight is 214 g/mol. The van der Waals surface area contributed by atoms with Crippen molar-refractivity contribution in [1.29, 1.82) is 0 Å². The number of ether oxygens (including phenoxy) is 1. The molecule has 1 heterocycles. The molecule has 0 amide bonds. The normalized spacial score (nSPS) is 10.1. The van der Waals surface area contributed by atoms with Gasteiger partial charge in [0.25, 0.3) is 0 Å². The van der Waals surface area contributed by atoms with Gasteiger partial charge in [0, 0.05) is 12.7 Å². The quantitative estimate of drug-likeness (QED) is 0.848. The van der Waals surface area contributed by atoms with E-state index in [2.05, 4.69) is 4.98 Å². The second-order valence-electron chi connectivity index (χ2n) is 3.51. The van der Waals surface area contributed by atoms with E-state index in [1.165, 1.54) is 0 Å². The van der Waals surface area contributed by atoms with Gasteiger partial charge in [-0.25, -0.2) is 0 Å². The highest BCUT2D eigenvalue weighted by Crippen LogP contribution is 2.12. The van der Waals surface area contributed by atoms with Gasteiger partial charge in [-0.1, -0.05) is 30.3 Å². The van der Waals surface area contributed by atoms with Crippen molar-refractivity contribution < 1.29 is 4.74 Å². The van der Waals surface area contributed by atoms with Crippen LogP contribution in [0.1, 0.15) is 11.1 Å². The van der Waals surface area contributed by atoms with Crippen LogP contribution in [0.3, 0.4) is 0 Å². The molecule has 0 radical (unpaired) electrons. The molecule has 0 aliphatic rings. The van der Waals surface area contributed by atoms with Gasteiger partial charge in [0.05, 0.1) is 6.20 Å². The molecular formula is C13H14N2O. The lowest BCUT2D eigenvalue weighted by Gasteiger charge is -2.06. The molecule has 3 nitrogen and oxygen atoms in total. The Labute approximate surface area is 94.9 Å². The van der Waals surface area contributed by atoms with E-state index in [1.54, 1.807) is 12.4 Å². The highest BCUT2D eigenvalue weighted by Gasteiger charge is 1.97. The minimum atomic E-state index is 0.482. The summed E-state index contributed by atoms with van der Waals surface area (Å²) in [6.07, 6.45) is 3.44. The first-order chi connectivity index (χ1) is 7.88. The van der Waals surface area contributed by atoms with E-state index in [4.69, 9.17) is 10.5 Å². The van der Waals surface area contributed by atoms with Crippen LogP contribution >= 0.6 is 0 Å². The molecule has 0 aliphatic carbocycles. The number of hydrogen-bond donors (Lipinski definition) is 1. The van der Waals surface area contributed by atoms with Crippen LogP contribution in [0.2, 0.25) is 0 Å². The molecule has 0 fully saturated rings. The van der Waals surface area contributed by atoms with E-state index >= 15 is 0 Å². The molecule has 0 unspecified atom stereocenters. The molecule has 3 heteroatoms. The largest absolute Gasteiger partial charge is 0.487 e. The third-order valence-corrected chi connectivity index (χ3v) is 2.25. The van der Waals surface area contributed by atoms with Crippen molar-refractivity contribution in [2.75, 3.05) is 0 Å². The van der Waals surface area contributed by atoms with E-state index in [0.29, 0.717) is 13.2 Å². The van der Waals surface area contributed by atoms with Crippen LogP contribution in [0.5, 0.6) is 5.75 Å². The third kappa shape index (κ3) is 2.81. The van der Waals surface area contributed by atoms with Crippen LogP contribution in [0.4, 0.5) is 0 Å². The second-order valence-corrected chi connectivity index (χ2v) is 3.51. The summed E-state index contributed by atoms with van der Waals surface area (Å²) in [5.41, 5.74) is 7.65. The summed E-state index contributed by atoms with van der Waals surface area (Å²) in [5, 5.41) is 0. The SMILES string of the molecule is NCc1cncc(OCc2ccccc2)c1. The number of aromatic nitrogens is 1. The number of hydrogen-bond acceptors (Lipinski definition) is 3. The Hall–Kier alpha value is -1.87. The van der Waals surface area contributed by atoms with Crippen molar-refractivity contribution >= 4 is 0 Å². The monoisotopic (exact) mass is 214 g/mol. The van der Waals surface area contributed by atoms with E-state index in [-0.39, 0.29) is 0 Å². The maximum Gasteiger partial charge on any atom is 0.138 e. The van der Waals surface area contributed by atoms with Gasteiger partial charge in [0.1, 0.15) is 12.4 Å². The van der Waals surface area contributed by atoms with E-state index < -0.39 is 0 Å². The Kier molecular flexibility index (Phi) is 3.51. The van der Waals surface area contributed by atoms with E-state index in [0.717, 1.165) is 16.9 Å². The lowest BCUT2D eigenvalue weighted by atomic mass is 10.2. The molecule has 0 bridgehead atoms. The summed E-state index contributed by atoms with van der Waals surface area (Å²) in [6, 6.07) is 11.9.